The highest BCUT2D eigenvalue weighted by atomic mass is 35.5. The Labute approximate surface area is 95.8 Å². The van der Waals surface area contributed by atoms with Crippen molar-refractivity contribution in [2.75, 3.05) is 0 Å². The van der Waals surface area contributed by atoms with Gasteiger partial charge in [-0.2, -0.15) is 0 Å². The molecule has 1 aromatic rings. The third-order valence-electron chi connectivity index (χ3n) is 2.26. The average Bonchev–Trinajstić information content (AvgIpc) is 2.21. The first-order chi connectivity index (χ1) is 7.25. The molecule has 0 unspecified atom stereocenters. The fourth-order valence-corrected chi connectivity index (χ4v) is 1.61. The second kappa shape index (κ2) is 6.62. The summed E-state index contributed by atoms with van der Waals surface area (Å²) in [6.45, 7) is 2.16. The Morgan fingerprint density at radius 1 is 1.33 bits per heavy atom. The van der Waals surface area contributed by atoms with E-state index < -0.39 is 0 Å². The molecular formula is C13H16ClF. The van der Waals surface area contributed by atoms with Crippen LogP contribution in [0.15, 0.2) is 24.3 Å². The zero-order valence-electron chi connectivity index (χ0n) is 8.97. The van der Waals surface area contributed by atoms with Crippen LogP contribution in [0.1, 0.15) is 38.2 Å². The van der Waals surface area contributed by atoms with Crippen LogP contribution in [0, 0.1) is 5.82 Å². The number of unbranched alkanes of at least 4 members (excludes halogenated alkanes) is 3. The lowest BCUT2D eigenvalue weighted by Crippen LogP contribution is -1.82. The first-order valence-corrected chi connectivity index (χ1v) is 5.74. The molecule has 0 nitrogen and oxygen atoms in total. The van der Waals surface area contributed by atoms with E-state index in [0.717, 1.165) is 12.8 Å². The van der Waals surface area contributed by atoms with Crippen molar-refractivity contribution in [3.8, 4) is 0 Å². The van der Waals surface area contributed by atoms with Gasteiger partial charge in [0, 0.05) is 5.56 Å². The van der Waals surface area contributed by atoms with Gasteiger partial charge in [-0.05, 0) is 25.0 Å². The molecule has 0 atom stereocenters. The van der Waals surface area contributed by atoms with E-state index in [-0.39, 0.29) is 5.82 Å². The molecule has 0 saturated carbocycles. The molecule has 0 bridgehead atoms. The van der Waals surface area contributed by atoms with Crippen LogP contribution < -0.4 is 0 Å². The molecule has 2 heteroatoms. The molecule has 0 fully saturated rings. The van der Waals surface area contributed by atoms with Crippen LogP contribution in [-0.4, -0.2) is 0 Å². The van der Waals surface area contributed by atoms with Crippen LogP contribution in [0.4, 0.5) is 4.39 Å². The number of hydrogen-bond acceptors (Lipinski definition) is 0. The summed E-state index contributed by atoms with van der Waals surface area (Å²) in [5.74, 6) is -0.255. The van der Waals surface area contributed by atoms with Crippen LogP contribution in [0.25, 0.3) is 6.08 Å². The number of benzene rings is 1. The highest BCUT2D eigenvalue weighted by molar-refractivity contribution is 6.32. The Balaban J connectivity index is 2.56. The van der Waals surface area contributed by atoms with Crippen molar-refractivity contribution in [2.24, 2.45) is 0 Å². The van der Waals surface area contributed by atoms with Crippen molar-refractivity contribution < 1.29 is 4.39 Å². The monoisotopic (exact) mass is 226 g/mol. The first kappa shape index (κ1) is 12.3. The maximum Gasteiger partial charge on any atom is 0.131 e. The number of hydrogen-bond donors (Lipinski definition) is 0. The van der Waals surface area contributed by atoms with Crippen LogP contribution >= 0.6 is 11.6 Å². The lowest BCUT2D eigenvalue weighted by atomic mass is 10.1. The standard InChI is InChI=1S/C13H16ClF/c1-2-3-4-5-6-8-11-12(14)9-7-10-13(11)15/h6-10H,2-5H2,1H3/b8-6-. The zero-order chi connectivity index (χ0) is 11.1. The van der Waals surface area contributed by atoms with Gasteiger partial charge < -0.3 is 0 Å². The fraction of sp³-hybridized carbons (Fsp3) is 0.385. The van der Waals surface area contributed by atoms with Crippen molar-refractivity contribution in [1.82, 2.24) is 0 Å². The summed E-state index contributed by atoms with van der Waals surface area (Å²) in [7, 11) is 0. The summed E-state index contributed by atoms with van der Waals surface area (Å²) in [5.41, 5.74) is 0.496. The van der Waals surface area contributed by atoms with Gasteiger partial charge in [-0.15, -0.1) is 0 Å². The Bertz CT molecular complexity index is 311. The van der Waals surface area contributed by atoms with Gasteiger partial charge in [-0.3, -0.25) is 0 Å². The van der Waals surface area contributed by atoms with E-state index in [1.165, 1.54) is 18.9 Å². The van der Waals surface area contributed by atoms with Gasteiger partial charge in [0.05, 0.1) is 5.02 Å². The summed E-state index contributed by atoms with van der Waals surface area (Å²) in [5, 5.41) is 0.474. The van der Waals surface area contributed by atoms with Gasteiger partial charge in [0.25, 0.3) is 0 Å². The van der Waals surface area contributed by atoms with Gasteiger partial charge in [0.1, 0.15) is 5.82 Å². The SMILES string of the molecule is CCCCC/C=C\c1c(F)cccc1Cl. The minimum absolute atomic E-state index is 0.255. The smallest absolute Gasteiger partial charge is 0.131 e. The molecule has 82 valence electrons. The lowest BCUT2D eigenvalue weighted by molar-refractivity contribution is 0.625. The summed E-state index contributed by atoms with van der Waals surface area (Å²) < 4.78 is 13.3. The minimum atomic E-state index is -0.255. The van der Waals surface area contributed by atoms with Crippen LogP contribution in [-0.2, 0) is 0 Å². The molecule has 0 aliphatic carbocycles. The zero-order valence-corrected chi connectivity index (χ0v) is 9.73. The van der Waals surface area contributed by atoms with Gasteiger partial charge in [-0.25, -0.2) is 4.39 Å². The third kappa shape index (κ3) is 4.05. The van der Waals surface area contributed by atoms with Crippen molar-refractivity contribution in [3.63, 3.8) is 0 Å². The maximum atomic E-state index is 13.3. The molecule has 1 rings (SSSR count). The Morgan fingerprint density at radius 3 is 2.80 bits per heavy atom. The van der Waals surface area contributed by atoms with Gasteiger partial charge in [0.15, 0.2) is 0 Å². The fourth-order valence-electron chi connectivity index (χ4n) is 1.38. The molecule has 0 aliphatic heterocycles. The molecule has 0 N–H and O–H groups in total. The molecule has 0 saturated heterocycles. The predicted molar refractivity (Wildman–Crippen MR) is 64.6 cm³/mol. The van der Waals surface area contributed by atoms with E-state index in [2.05, 4.69) is 6.92 Å². The van der Waals surface area contributed by atoms with Gasteiger partial charge in [-0.1, -0.05) is 49.6 Å². The summed E-state index contributed by atoms with van der Waals surface area (Å²) in [6.07, 6.45) is 8.31. The van der Waals surface area contributed by atoms with E-state index in [0.29, 0.717) is 10.6 Å². The molecule has 0 aliphatic rings. The van der Waals surface area contributed by atoms with E-state index in [9.17, 15) is 4.39 Å². The number of allylic oxidation sites excluding steroid dienone is 1. The van der Waals surface area contributed by atoms with Crippen molar-refractivity contribution in [1.29, 1.82) is 0 Å². The Morgan fingerprint density at radius 2 is 2.13 bits per heavy atom. The Hall–Kier alpha value is -0.820. The second-order valence-corrected chi connectivity index (χ2v) is 3.94. The van der Waals surface area contributed by atoms with E-state index >= 15 is 0 Å². The van der Waals surface area contributed by atoms with Crippen LogP contribution in [0.5, 0.6) is 0 Å². The van der Waals surface area contributed by atoms with Gasteiger partial charge >= 0.3 is 0 Å². The van der Waals surface area contributed by atoms with Crippen LogP contribution in [0.3, 0.4) is 0 Å². The topological polar surface area (TPSA) is 0 Å². The van der Waals surface area contributed by atoms with Crippen molar-refractivity contribution in [3.05, 3.63) is 40.7 Å². The maximum absolute atomic E-state index is 13.3. The molecular weight excluding hydrogens is 211 g/mol. The van der Waals surface area contributed by atoms with E-state index in [1.54, 1.807) is 18.2 Å². The summed E-state index contributed by atoms with van der Waals surface area (Å²) in [6, 6.07) is 4.75. The predicted octanol–water partition coefficient (Wildman–Crippen LogP) is 5.07. The van der Waals surface area contributed by atoms with E-state index in [1.807, 2.05) is 6.08 Å². The van der Waals surface area contributed by atoms with E-state index in [4.69, 9.17) is 11.6 Å². The molecule has 0 heterocycles. The highest BCUT2D eigenvalue weighted by Gasteiger charge is 2.01. The molecule has 0 spiro atoms. The summed E-state index contributed by atoms with van der Waals surface area (Å²) in [4.78, 5) is 0. The average molecular weight is 227 g/mol. The first-order valence-electron chi connectivity index (χ1n) is 5.36. The number of halogens is 2. The lowest BCUT2D eigenvalue weighted by Gasteiger charge is -1.99. The molecule has 0 radical (unpaired) electrons. The van der Waals surface area contributed by atoms with Crippen LogP contribution in [0.2, 0.25) is 5.02 Å². The quantitative estimate of drug-likeness (QED) is 0.615. The molecule has 1 aromatic carbocycles. The van der Waals surface area contributed by atoms with Gasteiger partial charge in [0.2, 0.25) is 0 Å². The molecule has 15 heavy (non-hydrogen) atoms. The number of rotatable bonds is 5. The van der Waals surface area contributed by atoms with Crippen molar-refractivity contribution >= 4 is 17.7 Å². The third-order valence-corrected chi connectivity index (χ3v) is 2.59. The molecule has 0 aromatic heterocycles. The van der Waals surface area contributed by atoms with Crippen molar-refractivity contribution in [2.45, 2.75) is 32.6 Å². The summed E-state index contributed by atoms with van der Waals surface area (Å²) >= 11 is 5.88. The molecule has 0 amide bonds. The largest absolute Gasteiger partial charge is 0.206 e. The highest BCUT2D eigenvalue weighted by Crippen LogP contribution is 2.20. The Kier molecular flexibility index (Phi) is 5.41. The normalized spacial score (nSPS) is 11.1. The second-order valence-electron chi connectivity index (χ2n) is 3.53. The minimum Gasteiger partial charge on any atom is -0.206 e.